The Morgan fingerprint density at radius 1 is 0.971 bits per heavy atom. The first kappa shape index (κ1) is 23.4. The van der Waals surface area contributed by atoms with Gasteiger partial charge in [0.15, 0.2) is 0 Å². The molecule has 0 spiro atoms. The molecule has 2 heterocycles. The maximum Gasteiger partial charge on any atom is 0.426 e. The van der Waals surface area contributed by atoms with E-state index in [0.29, 0.717) is 16.3 Å². The fraction of sp³-hybridized carbons (Fsp3) is 0.214. The normalized spacial score (nSPS) is 14.5. The van der Waals surface area contributed by atoms with Crippen LogP contribution in [0.5, 0.6) is 5.75 Å². The molecule has 1 fully saturated rings. The van der Waals surface area contributed by atoms with Gasteiger partial charge in [-0.05, 0) is 47.8 Å². The van der Waals surface area contributed by atoms with E-state index in [4.69, 9.17) is 16.3 Å². The smallest absolute Gasteiger partial charge is 0.426 e. The summed E-state index contributed by atoms with van der Waals surface area (Å²) in [6.07, 6.45) is 1.77. The lowest BCUT2D eigenvalue weighted by molar-refractivity contribution is 0.148. The van der Waals surface area contributed by atoms with E-state index in [9.17, 15) is 5.26 Å². The first-order chi connectivity index (χ1) is 17.1. The molecule has 1 aliphatic rings. The van der Waals surface area contributed by atoms with Crippen molar-refractivity contribution >= 4 is 40.3 Å². The molecule has 0 aliphatic carbocycles. The van der Waals surface area contributed by atoms with Gasteiger partial charge in [-0.25, -0.2) is 0 Å². The van der Waals surface area contributed by atoms with Crippen LogP contribution in [0.25, 0.3) is 10.9 Å². The number of hydrogen-bond donors (Lipinski definition) is 0. The van der Waals surface area contributed by atoms with E-state index < -0.39 is 6.92 Å². The predicted molar refractivity (Wildman–Crippen MR) is 143 cm³/mol. The molecule has 0 N–H and O–H groups in total. The lowest BCUT2D eigenvalue weighted by Gasteiger charge is -2.32. The Morgan fingerprint density at radius 3 is 2.46 bits per heavy atom. The minimum Gasteiger partial charge on any atom is -0.550 e. The van der Waals surface area contributed by atoms with Gasteiger partial charge in [0, 0.05) is 44.3 Å². The van der Waals surface area contributed by atoms with Gasteiger partial charge in [-0.1, -0.05) is 60.1 Å². The van der Waals surface area contributed by atoms with Gasteiger partial charge in [-0.2, -0.15) is 5.26 Å². The van der Waals surface area contributed by atoms with Crippen LogP contribution in [-0.4, -0.2) is 54.9 Å². The van der Waals surface area contributed by atoms with Crippen LogP contribution in [0.1, 0.15) is 11.1 Å². The molecule has 1 aromatic heterocycles. The zero-order chi connectivity index (χ0) is 24.2. The third kappa shape index (κ3) is 5.33. The Hall–Kier alpha value is -3.37. The van der Waals surface area contributed by atoms with Crippen molar-refractivity contribution < 1.29 is 4.65 Å². The molecule has 1 aliphatic heterocycles. The number of likely N-dealkylation sites (N-methyl/N-ethyl adjacent to an activating group) is 1. The number of rotatable bonds is 6. The molecule has 174 valence electrons. The van der Waals surface area contributed by atoms with Gasteiger partial charge in [0.1, 0.15) is 17.3 Å². The number of pyridine rings is 1. The van der Waals surface area contributed by atoms with E-state index in [0.717, 1.165) is 54.6 Å². The van der Waals surface area contributed by atoms with Gasteiger partial charge in [0.05, 0.1) is 10.6 Å². The van der Waals surface area contributed by atoms with Gasteiger partial charge >= 0.3 is 6.92 Å². The van der Waals surface area contributed by atoms with Crippen LogP contribution in [0.2, 0.25) is 5.02 Å². The largest absolute Gasteiger partial charge is 0.550 e. The lowest BCUT2D eigenvalue weighted by atomic mass is 9.55. The summed E-state index contributed by atoms with van der Waals surface area (Å²) < 4.78 is 6.61. The Labute approximate surface area is 211 Å². The number of nitriles is 1. The van der Waals surface area contributed by atoms with E-state index in [2.05, 4.69) is 52.2 Å². The zero-order valence-electron chi connectivity index (χ0n) is 19.7. The quantitative estimate of drug-likeness (QED) is 0.394. The fourth-order valence-corrected chi connectivity index (χ4v) is 4.71. The molecule has 0 unspecified atom stereocenters. The molecular formula is C28H26BClN4O. The Morgan fingerprint density at radius 2 is 1.71 bits per heavy atom. The highest BCUT2D eigenvalue weighted by atomic mass is 35.5. The number of para-hydroxylation sites is 1. The van der Waals surface area contributed by atoms with Crippen LogP contribution >= 0.6 is 11.6 Å². The molecule has 3 aromatic carbocycles. The molecule has 5 rings (SSSR count). The highest BCUT2D eigenvalue weighted by molar-refractivity contribution is 6.80. The highest BCUT2D eigenvalue weighted by Gasteiger charge is 2.26. The number of aromatic nitrogens is 1. The molecule has 0 saturated carbocycles. The number of halogens is 1. The lowest BCUT2D eigenvalue weighted by Crippen LogP contribution is -2.47. The number of benzene rings is 3. The molecule has 4 aromatic rings. The van der Waals surface area contributed by atoms with Crippen LogP contribution in [0.3, 0.4) is 0 Å². The Bertz CT molecular complexity index is 1360. The minimum absolute atomic E-state index is 0.398. The average Bonchev–Trinajstić information content (AvgIpc) is 2.89. The summed E-state index contributed by atoms with van der Waals surface area (Å²) in [5, 5.41) is 10.8. The van der Waals surface area contributed by atoms with Gasteiger partial charge < -0.3 is 9.55 Å². The third-order valence-electron chi connectivity index (χ3n) is 6.54. The van der Waals surface area contributed by atoms with Crippen molar-refractivity contribution in [2.75, 3.05) is 33.2 Å². The molecule has 0 radical (unpaired) electrons. The van der Waals surface area contributed by atoms with Crippen molar-refractivity contribution in [3.05, 3.63) is 95.1 Å². The zero-order valence-corrected chi connectivity index (χ0v) is 20.4. The van der Waals surface area contributed by atoms with E-state index in [1.807, 2.05) is 42.5 Å². The van der Waals surface area contributed by atoms with Crippen molar-refractivity contribution in [3.63, 3.8) is 0 Å². The Balaban J connectivity index is 1.46. The molecule has 0 bridgehead atoms. The second-order valence-corrected chi connectivity index (χ2v) is 9.41. The summed E-state index contributed by atoms with van der Waals surface area (Å²) in [5.74, 6) is 0.704. The maximum absolute atomic E-state index is 9.32. The highest BCUT2D eigenvalue weighted by Crippen LogP contribution is 2.24. The third-order valence-corrected chi connectivity index (χ3v) is 6.85. The average molecular weight is 481 g/mol. The van der Waals surface area contributed by atoms with Crippen molar-refractivity contribution in [1.82, 2.24) is 14.8 Å². The van der Waals surface area contributed by atoms with E-state index in [1.54, 1.807) is 12.3 Å². The van der Waals surface area contributed by atoms with Crippen molar-refractivity contribution in [1.29, 1.82) is 5.26 Å². The van der Waals surface area contributed by atoms with E-state index in [-0.39, 0.29) is 0 Å². The van der Waals surface area contributed by atoms with Gasteiger partial charge in [-0.15, -0.1) is 0 Å². The first-order valence-corrected chi connectivity index (χ1v) is 12.2. The standard InChI is InChI=1S/C28H26BClN4O/c1-33-14-16-34(17-15-33)20-21-7-10-24(11-8-21)29(25-12-9-23(19-31)26(30)18-25)35-27-6-2-4-22-5-3-13-32-28(22)27/h2-13,18H,14-17,20H2,1H3. The second-order valence-electron chi connectivity index (χ2n) is 9.00. The summed E-state index contributed by atoms with van der Waals surface area (Å²) in [4.78, 5) is 9.41. The molecule has 0 atom stereocenters. The van der Waals surface area contributed by atoms with Gasteiger partial charge in [-0.3, -0.25) is 9.88 Å². The molecule has 0 amide bonds. The van der Waals surface area contributed by atoms with Crippen LogP contribution in [0, 0.1) is 11.3 Å². The first-order valence-electron chi connectivity index (χ1n) is 11.8. The monoisotopic (exact) mass is 480 g/mol. The van der Waals surface area contributed by atoms with Crippen LogP contribution in [0.4, 0.5) is 0 Å². The molecule has 1 saturated heterocycles. The van der Waals surface area contributed by atoms with E-state index >= 15 is 0 Å². The number of nitrogens with zero attached hydrogens (tertiary/aromatic N) is 4. The summed E-state index contributed by atoms with van der Waals surface area (Å²) in [6.45, 7) is 4.92. The molecule has 7 heteroatoms. The fourth-order valence-electron chi connectivity index (χ4n) is 4.47. The van der Waals surface area contributed by atoms with Crippen molar-refractivity contribution in [3.8, 4) is 11.8 Å². The summed E-state index contributed by atoms with van der Waals surface area (Å²) in [6, 6.07) is 26.1. The summed E-state index contributed by atoms with van der Waals surface area (Å²) >= 11 is 6.40. The molecular weight excluding hydrogens is 455 g/mol. The van der Waals surface area contributed by atoms with Crippen LogP contribution in [0.15, 0.2) is 79.0 Å². The topological polar surface area (TPSA) is 52.4 Å². The maximum atomic E-state index is 9.32. The van der Waals surface area contributed by atoms with Crippen molar-refractivity contribution in [2.24, 2.45) is 0 Å². The Kier molecular flexibility index (Phi) is 7.01. The number of piperazine rings is 1. The number of hydrogen-bond acceptors (Lipinski definition) is 5. The van der Waals surface area contributed by atoms with Crippen LogP contribution < -0.4 is 15.6 Å². The molecule has 5 nitrogen and oxygen atoms in total. The SMILES string of the molecule is CN1CCN(Cc2ccc(B(Oc3cccc4cccnc34)c3ccc(C#N)c(Cl)c3)cc2)CC1. The molecule has 35 heavy (non-hydrogen) atoms. The summed E-state index contributed by atoms with van der Waals surface area (Å²) in [5.41, 5.74) is 4.44. The van der Waals surface area contributed by atoms with Crippen LogP contribution in [-0.2, 0) is 6.54 Å². The predicted octanol–water partition coefficient (Wildman–Crippen LogP) is 3.69. The van der Waals surface area contributed by atoms with E-state index in [1.165, 1.54) is 5.56 Å². The minimum atomic E-state index is -0.398. The van der Waals surface area contributed by atoms with Gasteiger partial charge in [0.25, 0.3) is 0 Å². The summed E-state index contributed by atoms with van der Waals surface area (Å²) in [7, 11) is 2.17. The van der Waals surface area contributed by atoms with Crippen molar-refractivity contribution in [2.45, 2.75) is 6.54 Å². The van der Waals surface area contributed by atoms with Gasteiger partial charge in [0.2, 0.25) is 0 Å². The number of fused-ring (bicyclic) bond motifs is 1. The second kappa shape index (κ2) is 10.5.